The summed E-state index contributed by atoms with van der Waals surface area (Å²) in [5.74, 6) is -1.75. The smallest absolute Gasteiger partial charge is 0.305 e. The van der Waals surface area contributed by atoms with Gasteiger partial charge in [-0.1, -0.05) is 36.1 Å². The van der Waals surface area contributed by atoms with Crippen LogP contribution in [0.5, 0.6) is 5.75 Å². The van der Waals surface area contributed by atoms with Gasteiger partial charge in [0.2, 0.25) is 5.91 Å². The van der Waals surface area contributed by atoms with E-state index in [1.54, 1.807) is 18.2 Å². The van der Waals surface area contributed by atoms with Gasteiger partial charge in [-0.25, -0.2) is 0 Å². The summed E-state index contributed by atoms with van der Waals surface area (Å²) < 4.78 is 0.262. The normalized spacial score (nSPS) is 15.8. The predicted molar refractivity (Wildman–Crippen MR) is 93.2 cm³/mol. The van der Waals surface area contributed by atoms with E-state index in [0.29, 0.717) is 4.91 Å². The average molecular weight is 366 g/mol. The lowest BCUT2D eigenvalue weighted by molar-refractivity contribution is -0.137. The van der Waals surface area contributed by atoms with Crippen molar-refractivity contribution in [3.8, 4) is 5.75 Å². The SMILES string of the molecule is O=C(O)CCNC(=O)CN1C(=O)/C(=C/c2ccc(O)cc2)SC1=S. The minimum absolute atomic E-state index is 0.00763. The number of carbonyl (C=O) groups is 3. The maximum absolute atomic E-state index is 12.3. The summed E-state index contributed by atoms with van der Waals surface area (Å²) in [5.41, 5.74) is 0.721. The fourth-order valence-electron chi connectivity index (χ4n) is 1.87. The molecule has 1 aromatic rings. The van der Waals surface area contributed by atoms with Crippen molar-refractivity contribution >= 4 is 52.2 Å². The van der Waals surface area contributed by atoms with E-state index in [-0.39, 0.29) is 35.5 Å². The molecule has 0 aliphatic carbocycles. The van der Waals surface area contributed by atoms with Gasteiger partial charge in [0.25, 0.3) is 5.91 Å². The predicted octanol–water partition coefficient (Wildman–Crippen LogP) is 1.18. The zero-order valence-corrected chi connectivity index (χ0v) is 14.0. The van der Waals surface area contributed by atoms with Crippen LogP contribution < -0.4 is 5.32 Å². The monoisotopic (exact) mass is 366 g/mol. The fourth-order valence-corrected chi connectivity index (χ4v) is 3.12. The quantitative estimate of drug-likeness (QED) is 0.513. The Morgan fingerprint density at radius 2 is 1.96 bits per heavy atom. The van der Waals surface area contributed by atoms with E-state index in [4.69, 9.17) is 17.3 Å². The van der Waals surface area contributed by atoms with Crippen LogP contribution in [-0.2, 0) is 14.4 Å². The van der Waals surface area contributed by atoms with Gasteiger partial charge in [-0.15, -0.1) is 0 Å². The number of amides is 2. The number of rotatable bonds is 6. The average Bonchev–Trinajstić information content (AvgIpc) is 2.77. The molecule has 1 aliphatic heterocycles. The first-order valence-corrected chi connectivity index (χ1v) is 8.12. The summed E-state index contributed by atoms with van der Waals surface area (Å²) in [6.45, 7) is -0.260. The van der Waals surface area contributed by atoms with Crippen LogP contribution in [0.25, 0.3) is 6.08 Å². The van der Waals surface area contributed by atoms with Crippen molar-refractivity contribution in [2.24, 2.45) is 0 Å². The number of nitrogens with one attached hydrogen (secondary N) is 1. The summed E-state index contributed by atoms with van der Waals surface area (Å²) in [7, 11) is 0. The molecule has 1 fully saturated rings. The number of phenolic OH excluding ortho intramolecular Hbond substituents is 1. The van der Waals surface area contributed by atoms with Crippen LogP contribution in [0.1, 0.15) is 12.0 Å². The van der Waals surface area contributed by atoms with Gasteiger partial charge in [-0.05, 0) is 23.8 Å². The maximum Gasteiger partial charge on any atom is 0.305 e. The summed E-state index contributed by atoms with van der Waals surface area (Å²) in [4.78, 5) is 36.0. The van der Waals surface area contributed by atoms with E-state index in [1.165, 1.54) is 17.0 Å². The third-order valence-corrected chi connectivity index (χ3v) is 4.40. The van der Waals surface area contributed by atoms with Crippen LogP contribution in [0.15, 0.2) is 29.2 Å². The van der Waals surface area contributed by atoms with E-state index in [9.17, 15) is 19.5 Å². The molecule has 3 N–H and O–H groups in total. The van der Waals surface area contributed by atoms with Crippen LogP contribution in [0.2, 0.25) is 0 Å². The number of aliphatic carboxylic acids is 1. The minimum atomic E-state index is -1.02. The molecule has 0 radical (unpaired) electrons. The molecule has 0 aromatic heterocycles. The minimum Gasteiger partial charge on any atom is -0.508 e. The third kappa shape index (κ3) is 4.80. The topological polar surface area (TPSA) is 107 Å². The largest absolute Gasteiger partial charge is 0.508 e. The van der Waals surface area contributed by atoms with Crippen LogP contribution in [0.4, 0.5) is 0 Å². The summed E-state index contributed by atoms with van der Waals surface area (Å²) in [5, 5.41) is 20.2. The Bertz CT molecular complexity index is 715. The Hall–Kier alpha value is -2.39. The first-order chi connectivity index (χ1) is 11.4. The highest BCUT2D eigenvalue weighted by atomic mass is 32.2. The van der Waals surface area contributed by atoms with E-state index < -0.39 is 11.9 Å². The first-order valence-electron chi connectivity index (χ1n) is 6.89. The molecule has 126 valence electrons. The molecule has 0 bridgehead atoms. The standard InChI is InChI=1S/C15H14N2O5S2/c18-10-3-1-9(2-4-10)7-11-14(22)17(15(23)24-11)8-12(19)16-6-5-13(20)21/h1-4,7,18H,5-6,8H2,(H,16,19)(H,20,21)/b11-7-. The van der Waals surface area contributed by atoms with Crippen molar-refractivity contribution in [2.45, 2.75) is 6.42 Å². The zero-order chi connectivity index (χ0) is 17.7. The molecule has 9 heteroatoms. The number of thiocarbonyl (C=S) groups is 1. The Kier molecular flexibility index (Phi) is 5.93. The highest BCUT2D eigenvalue weighted by molar-refractivity contribution is 8.26. The molecule has 2 amide bonds. The van der Waals surface area contributed by atoms with Crippen molar-refractivity contribution in [3.05, 3.63) is 34.7 Å². The Labute approximate surface area is 147 Å². The number of carboxylic acid groups (broad SMARTS) is 1. The van der Waals surface area contributed by atoms with Gasteiger partial charge in [0, 0.05) is 6.54 Å². The molecule has 1 aliphatic rings. The highest BCUT2D eigenvalue weighted by Crippen LogP contribution is 2.32. The molecule has 0 spiro atoms. The van der Waals surface area contributed by atoms with Gasteiger partial charge < -0.3 is 15.5 Å². The molecular weight excluding hydrogens is 352 g/mol. The highest BCUT2D eigenvalue weighted by Gasteiger charge is 2.33. The van der Waals surface area contributed by atoms with Crippen LogP contribution >= 0.6 is 24.0 Å². The molecule has 0 saturated carbocycles. The van der Waals surface area contributed by atoms with Gasteiger partial charge >= 0.3 is 5.97 Å². The summed E-state index contributed by atoms with van der Waals surface area (Å²) in [6, 6.07) is 6.31. The first kappa shape index (κ1) is 18.0. The summed E-state index contributed by atoms with van der Waals surface area (Å²) in [6.07, 6.45) is 1.44. The second kappa shape index (κ2) is 7.93. The zero-order valence-electron chi connectivity index (χ0n) is 12.4. The number of carbonyl (C=O) groups excluding carboxylic acids is 2. The van der Waals surface area contributed by atoms with Gasteiger partial charge in [-0.2, -0.15) is 0 Å². The number of nitrogens with zero attached hydrogens (tertiary/aromatic N) is 1. The van der Waals surface area contributed by atoms with E-state index in [0.717, 1.165) is 17.3 Å². The van der Waals surface area contributed by atoms with Crippen LogP contribution in [0, 0.1) is 0 Å². The number of carboxylic acids is 1. The van der Waals surface area contributed by atoms with E-state index in [2.05, 4.69) is 5.32 Å². The fraction of sp³-hybridized carbons (Fsp3) is 0.200. The van der Waals surface area contributed by atoms with Gasteiger partial charge in [0.05, 0.1) is 11.3 Å². The molecule has 1 aromatic carbocycles. The lowest BCUT2D eigenvalue weighted by atomic mass is 10.2. The second-order valence-electron chi connectivity index (χ2n) is 4.85. The third-order valence-electron chi connectivity index (χ3n) is 3.03. The van der Waals surface area contributed by atoms with Crippen LogP contribution in [-0.4, -0.2) is 50.3 Å². The Balaban J connectivity index is 1.99. The van der Waals surface area contributed by atoms with Gasteiger partial charge in [-0.3, -0.25) is 19.3 Å². The molecule has 7 nitrogen and oxygen atoms in total. The number of hydrogen-bond donors (Lipinski definition) is 3. The van der Waals surface area contributed by atoms with Crippen molar-refractivity contribution < 1.29 is 24.6 Å². The van der Waals surface area contributed by atoms with Crippen molar-refractivity contribution in [3.63, 3.8) is 0 Å². The van der Waals surface area contributed by atoms with E-state index in [1.807, 2.05) is 0 Å². The lowest BCUT2D eigenvalue weighted by Gasteiger charge is -2.13. The van der Waals surface area contributed by atoms with E-state index >= 15 is 0 Å². The molecular formula is C15H14N2O5S2. The van der Waals surface area contributed by atoms with Crippen molar-refractivity contribution in [2.75, 3.05) is 13.1 Å². The molecule has 1 heterocycles. The number of thioether (sulfide) groups is 1. The van der Waals surface area contributed by atoms with Crippen molar-refractivity contribution in [1.82, 2.24) is 10.2 Å². The summed E-state index contributed by atoms with van der Waals surface area (Å²) >= 11 is 6.20. The molecule has 24 heavy (non-hydrogen) atoms. The molecule has 0 unspecified atom stereocenters. The molecule has 2 rings (SSSR count). The molecule has 1 saturated heterocycles. The Morgan fingerprint density at radius 1 is 1.29 bits per heavy atom. The number of aromatic hydroxyl groups is 1. The number of hydrogen-bond acceptors (Lipinski definition) is 6. The van der Waals surface area contributed by atoms with Crippen molar-refractivity contribution in [1.29, 1.82) is 0 Å². The maximum atomic E-state index is 12.3. The molecule has 0 atom stereocenters. The number of benzene rings is 1. The lowest BCUT2D eigenvalue weighted by Crippen LogP contribution is -2.40. The van der Waals surface area contributed by atoms with Gasteiger partial charge in [0.15, 0.2) is 0 Å². The second-order valence-corrected chi connectivity index (χ2v) is 6.53. The number of phenols is 1. The van der Waals surface area contributed by atoms with Crippen LogP contribution in [0.3, 0.4) is 0 Å². The van der Waals surface area contributed by atoms with Gasteiger partial charge in [0.1, 0.15) is 16.6 Å². The Morgan fingerprint density at radius 3 is 2.58 bits per heavy atom.